The van der Waals surface area contributed by atoms with Crippen molar-refractivity contribution >= 4 is 5.97 Å². The van der Waals surface area contributed by atoms with Gasteiger partial charge in [0.15, 0.2) is 5.82 Å². The predicted octanol–water partition coefficient (Wildman–Crippen LogP) is 0.896. The summed E-state index contributed by atoms with van der Waals surface area (Å²) in [5.74, 6) is 0.162. The van der Waals surface area contributed by atoms with Crippen molar-refractivity contribution in [2.45, 2.75) is 32.1 Å². The van der Waals surface area contributed by atoms with Gasteiger partial charge in [-0.15, -0.1) is 0 Å². The molecule has 1 aromatic heterocycles. The Hall–Kier alpha value is -1.43. The molecular formula is C11H17N3O3. The largest absolute Gasteiger partial charge is 0.481 e. The van der Waals surface area contributed by atoms with E-state index in [2.05, 4.69) is 22.0 Å². The van der Waals surface area contributed by atoms with Crippen LogP contribution in [0.4, 0.5) is 0 Å². The van der Waals surface area contributed by atoms with Crippen LogP contribution in [0.15, 0.2) is 4.52 Å². The fourth-order valence-corrected chi connectivity index (χ4v) is 2.18. The van der Waals surface area contributed by atoms with E-state index in [9.17, 15) is 4.79 Å². The maximum absolute atomic E-state index is 10.5. The maximum Gasteiger partial charge on any atom is 0.311 e. The zero-order valence-electron chi connectivity index (χ0n) is 9.93. The number of likely N-dealkylation sites (tertiary alicyclic amines) is 1. The molecule has 0 saturated carbocycles. The minimum Gasteiger partial charge on any atom is -0.481 e. The summed E-state index contributed by atoms with van der Waals surface area (Å²) in [4.78, 5) is 17.0. The number of nitrogens with zero attached hydrogens (tertiary/aromatic N) is 3. The Balaban J connectivity index is 2.01. The van der Waals surface area contributed by atoms with Gasteiger partial charge >= 0.3 is 5.97 Å². The van der Waals surface area contributed by atoms with Crippen molar-refractivity contribution in [3.05, 3.63) is 11.7 Å². The molecular weight excluding hydrogens is 222 g/mol. The molecule has 2 heterocycles. The molecule has 6 nitrogen and oxygen atoms in total. The number of piperidine rings is 1. The Bertz CT molecular complexity index is 391. The third kappa shape index (κ3) is 3.03. The lowest BCUT2D eigenvalue weighted by Gasteiger charge is -2.29. The second kappa shape index (κ2) is 5.27. The maximum atomic E-state index is 10.5. The van der Waals surface area contributed by atoms with E-state index < -0.39 is 5.97 Å². The lowest BCUT2D eigenvalue weighted by molar-refractivity contribution is -0.136. The fraction of sp³-hybridized carbons (Fsp3) is 0.727. The van der Waals surface area contributed by atoms with Gasteiger partial charge in [0.2, 0.25) is 5.89 Å². The molecule has 1 N–H and O–H groups in total. The second-order valence-corrected chi connectivity index (χ2v) is 4.35. The number of hydrogen-bond donors (Lipinski definition) is 1. The first-order valence-corrected chi connectivity index (χ1v) is 5.95. The fourth-order valence-electron chi connectivity index (χ4n) is 2.18. The molecule has 1 atom stereocenters. The number of carboxylic acids is 1. The Morgan fingerprint density at radius 1 is 1.65 bits per heavy atom. The Kier molecular flexibility index (Phi) is 3.73. The number of carboxylic acid groups (broad SMARTS) is 1. The number of hydrogen-bond acceptors (Lipinski definition) is 5. The van der Waals surface area contributed by atoms with Crippen LogP contribution in [0.25, 0.3) is 0 Å². The highest BCUT2D eigenvalue weighted by Crippen LogP contribution is 2.25. The lowest BCUT2D eigenvalue weighted by atomic mass is 9.98. The minimum absolute atomic E-state index is 0.173. The van der Waals surface area contributed by atoms with Crippen molar-refractivity contribution in [2.24, 2.45) is 0 Å². The normalized spacial score (nSPS) is 21.6. The van der Waals surface area contributed by atoms with Crippen molar-refractivity contribution in [3.63, 3.8) is 0 Å². The van der Waals surface area contributed by atoms with Crippen LogP contribution in [0.1, 0.15) is 37.4 Å². The van der Waals surface area contributed by atoms with E-state index in [-0.39, 0.29) is 18.2 Å². The van der Waals surface area contributed by atoms with E-state index in [1.54, 1.807) is 0 Å². The van der Waals surface area contributed by atoms with Crippen LogP contribution in [0.2, 0.25) is 0 Å². The molecule has 1 fully saturated rings. The summed E-state index contributed by atoms with van der Waals surface area (Å²) in [6.07, 6.45) is 1.98. The third-order valence-corrected chi connectivity index (χ3v) is 3.10. The van der Waals surface area contributed by atoms with Crippen LogP contribution in [0.5, 0.6) is 0 Å². The van der Waals surface area contributed by atoms with E-state index in [4.69, 9.17) is 9.63 Å². The first kappa shape index (κ1) is 12.0. The highest BCUT2D eigenvalue weighted by molar-refractivity contribution is 5.68. The van der Waals surface area contributed by atoms with Crippen LogP contribution in [0.3, 0.4) is 0 Å². The van der Waals surface area contributed by atoms with Gasteiger partial charge < -0.3 is 14.5 Å². The molecule has 1 aromatic rings. The van der Waals surface area contributed by atoms with Crippen molar-refractivity contribution in [3.8, 4) is 0 Å². The quantitative estimate of drug-likeness (QED) is 0.840. The molecule has 2 rings (SSSR count). The molecule has 0 aliphatic carbocycles. The summed E-state index contributed by atoms with van der Waals surface area (Å²) in [5.41, 5.74) is 0. The highest BCUT2D eigenvalue weighted by Gasteiger charge is 2.25. The van der Waals surface area contributed by atoms with Gasteiger partial charge in [-0.3, -0.25) is 4.79 Å². The number of likely N-dealkylation sites (N-methyl/N-ethyl adjacent to an activating group) is 1. The summed E-state index contributed by atoms with van der Waals surface area (Å²) in [7, 11) is 0. The zero-order valence-corrected chi connectivity index (χ0v) is 9.93. The molecule has 0 radical (unpaired) electrons. The van der Waals surface area contributed by atoms with Crippen molar-refractivity contribution < 1.29 is 14.4 Å². The monoisotopic (exact) mass is 239 g/mol. The number of aliphatic carboxylic acids is 1. The highest BCUT2D eigenvalue weighted by atomic mass is 16.5. The molecule has 94 valence electrons. The molecule has 1 aliphatic rings. The number of carbonyl (C=O) groups is 1. The molecule has 0 spiro atoms. The standard InChI is InChI=1S/C11H17N3O3/c1-2-14-5-3-4-8(7-14)11-12-9(13-17-11)6-10(15)16/h8H,2-7H2,1H3,(H,15,16). The Morgan fingerprint density at radius 2 is 2.47 bits per heavy atom. The van der Waals surface area contributed by atoms with Gasteiger partial charge in [-0.2, -0.15) is 4.98 Å². The number of aromatic nitrogens is 2. The van der Waals surface area contributed by atoms with Crippen molar-refractivity contribution in [1.82, 2.24) is 15.0 Å². The molecule has 6 heteroatoms. The van der Waals surface area contributed by atoms with Crippen LogP contribution in [0, 0.1) is 0 Å². The van der Waals surface area contributed by atoms with E-state index >= 15 is 0 Å². The van der Waals surface area contributed by atoms with Crippen molar-refractivity contribution in [2.75, 3.05) is 19.6 Å². The van der Waals surface area contributed by atoms with E-state index in [0.29, 0.717) is 5.89 Å². The van der Waals surface area contributed by atoms with Crippen LogP contribution in [-0.2, 0) is 11.2 Å². The molecule has 1 saturated heterocycles. The minimum atomic E-state index is -0.934. The molecule has 1 aliphatic heterocycles. The van der Waals surface area contributed by atoms with E-state index in [1.165, 1.54) is 0 Å². The summed E-state index contributed by atoms with van der Waals surface area (Å²) in [5, 5.41) is 12.3. The molecule has 17 heavy (non-hydrogen) atoms. The van der Waals surface area contributed by atoms with Gasteiger partial charge in [0.05, 0.1) is 5.92 Å². The molecule has 0 amide bonds. The SMILES string of the molecule is CCN1CCCC(c2nc(CC(=O)O)no2)C1. The summed E-state index contributed by atoms with van der Waals surface area (Å²) < 4.78 is 5.15. The van der Waals surface area contributed by atoms with E-state index in [0.717, 1.165) is 32.5 Å². The van der Waals surface area contributed by atoms with Crippen LogP contribution < -0.4 is 0 Å². The van der Waals surface area contributed by atoms with Gasteiger partial charge in [-0.25, -0.2) is 0 Å². The predicted molar refractivity (Wildman–Crippen MR) is 59.7 cm³/mol. The molecule has 1 unspecified atom stereocenters. The van der Waals surface area contributed by atoms with Gasteiger partial charge in [-0.1, -0.05) is 12.1 Å². The van der Waals surface area contributed by atoms with Crippen molar-refractivity contribution in [1.29, 1.82) is 0 Å². The zero-order chi connectivity index (χ0) is 12.3. The first-order valence-electron chi connectivity index (χ1n) is 5.95. The Labute approximate surface area is 99.6 Å². The summed E-state index contributed by atoms with van der Waals surface area (Å²) >= 11 is 0. The van der Waals surface area contributed by atoms with Gasteiger partial charge in [0.1, 0.15) is 6.42 Å². The van der Waals surface area contributed by atoms with E-state index in [1.807, 2.05) is 0 Å². The Morgan fingerprint density at radius 3 is 3.18 bits per heavy atom. The average Bonchev–Trinajstić information content (AvgIpc) is 2.77. The smallest absolute Gasteiger partial charge is 0.311 e. The van der Waals surface area contributed by atoms with Gasteiger partial charge in [0.25, 0.3) is 0 Å². The van der Waals surface area contributed by atoms with Crippen LogP contribution >= 0.6 is 0 Å². The van der Waals surface area contributed by atoms with Crippen LogP contribution in [-0.4, -0.2) is 45.8 Å². The molecule has 0 aromatic carbocycles. The van der Waals surface area contributed by atoms with Gasteiger partial charge in [0, 0.05) is 6.54 Å². The lowest BCUT2D eigenvalue weighted by Crippen LogP contribution is -2.34. The van der Waals surface area contributed by atoms with Gasteiger partial charge in [-0.05, 0) is 25.9 Å². The third-order valence-electron chi connectivity index (χ3n) is 3.10. The summed E-state index contributed by atoms with van der Waals surface area (Å²) in [6.45, 7) is 5.19. The first-order chi connectivity index (χ1) is 8.19. The summed E-state index contributed by atoms with van der Waals surface area (Å²) in [6, 6.07) is 0. The topological polar surface area (TPSA) is 79.5 Å². The molecule has 0 bridgehead atoms. The average molecular weight is 239 g/mol. The number of rotatable bonds is 4. The second-order valence-electron chi connectivity index (χ2n) is 4.35.